The summed E-state index contributed by atoms with van der Waals surface area (Å²) in [4.78, 5) is 6.23. The molecule has 0 saturated carbocycles. The summed E-state index contributed by atoms with van der Waals surface area (Å²) < 4.78 is 18.7. The van der Waals surface area contributed by atoms with Crippen LogP contribution >= 0.6 is 0 Å². The molecule has 0 aliphatic heterocycles. The second-order valence-corrected chi connectivity index (χ2v) is 4.57. The van der Waals surface area contributed by atoms with Crippen molar-refractivity contribution in [3.05, 3.63) is 35.5 Å². The molecule has 2 aromatic rings. The monoisotopic (exact) mass is 279 g/mol. The third-order valence-corrected chi connectivity index (χ3v) is 3.12. The SMILES string of the molecule is CCN(CCO)Cc1nc(-c2ccc(C)c(F)c2)no1. The van der Waals surface area contributed by atoms with Gasteiger partial charge in [0, 0.05) is 12.1 Å². The van der Waals surface area contributed by atoms with Crippen molar-refractivity contribution in [1.82, 2.24) is 15.0 Å². The second kappa shape index (κ2) is 6.58. The van der Waals surface area contributed by atoms with Gasteiger partial charge in [0.25, 0.3) is 0 Å². The van der Waals surface area contributed by atoms with Gasteiger partial charge in [-0.3, -0.25) is 4.90 Å². The third kappa shape index (κ3) is 3.40. The highest BCUT2D eigenvalue weighted by molar-refractivity contribution is 5.54. The van der Waals surface area contributed by atoms with Gasteiger partial charge in [-0.15, -0.1) is 0 Å². The Morgan fingerprint density at radius 3 is 2.85 bits per heavy atom. The molecule has 5 nitrogen and oxygen atoms in total. The van der Waals surface area contributed by atoms with Crippen LogP contribution in [0.2, 0.25) is 0 Å². The quantitative estimate of drug-likeness (QED) is 0.876. The number of nitrogens with zero attached hydrogens (tertiary/aromatic N) is 3. The normalized spacial score (nSPS) is 11.2. The maximum absolute atomic E-state index is 13.5. The molecule has 0 aliphatic carbocycles. The average molecular weight is 279 g/mol. The lowest BCUT2D eigenvalue weighted by Crippen LogP contribution is -2.26. The molecule has 6 heteroatoms. The van der Waals surface area contributed by atoms with Crippen LogP contribution in [0, 0.1) is 12.7 Å². The minimum Gasteiger partial charge on any atom is -0.395 e. The zero-order chi connectivity index (χ0) is 14.5. The van der Waals surface area contributed by atoms with Crippen LogP contribution in [0.15, 0.2) is 22.7 Å². The van der Waals surface area contributed by atoms with E-state index in [0.29, 0.717) is 35.9 Å². The van der Waals surface area contributed by atoms with E-state index in [0.717, 1.165) is 6.54 Å². The molecular weight excluding hydrogens is 261 g/mol. The summed E-state index contributed by atoms with van der Waals surface area (Å²) in [5.74, 6) is 0.541. The van der Waals surface area contributed by atoms with Crippen molar-refractivity contribution < 1.29 is 14.0 Å². The van der Waals surface area contributed by atoms with Gasteiger partial charge in [-0.2, -0.15) is 4.98 Å². The van der Waals surface area contributed by atoms with Crippen LogP contribution in [-0.2, 0) is 6.54 Å². The van der Waals surface area contributed by atoms with Gasteiger partial charge in [-0.25, -0.2) is 4.39 Å². The number of aromatic nitrogens is 2. The molecule has 2 rings (SSSR count). The maximum atomic E-state index is 13.5. The highest BCUT2D eigenvalue weighted by Gasteiger charge is 2.12. The first-order valence-electron chi connectivity index (χ1n) is 6.56. The van der Waals surface area contributed by atoms with Crippen molar-refractivity contribution in [2.45, 2.75) is 20.4 Å². The predicted octanol–water partition coefficient (Wildman–Crippen LogP) is 2.00. The fourth-order valence-electron chi connectivity index (χ4n) is 1.85. The lowest BCUT2D eigenvalue weighted by Gasteiger charge is -2.15. The predicted molar refractivity (Wildman–Crippen MR) is 72.5 cm³/mol. The fourth-order valence-corrected chi connectivity index (χ4v) is 1.85. The van der Waals surface area contributed by atoms with Gasteiger partial charge < -0.3 is 9.63 Å². The smallest absolute Gasteiger partial charge is 0.241 e. The molecule has 0 bridgehead atoms. The molecule has 1 heterocycles. The van der Waals surface area contributed by atoms with Crippen molar-refractivity contribution in [1.29, 1.82) is 0 Å². The maximum Gasteiger partial charge on any atom is 0.241 e. The lowest BCUT2D eigenvalue weighted by molar-refractivity contribution is 0.180. The summed E-state index contributed by atoms with van der Waals surface area (Å²) in [7, 11) is 0. The molecule has 0 fully saturated rings. The Morgan fingerprint density at radius 2 is 2.20 bits per heavy atom. The van der Waals surface area contributed by atoms with Gasteiger partial charge in [0.05, 0.1) is 13.2 Å². The van der Waals surface area contributed by atoms with Crippen molar-refractivity contribution >= 4 is 0 Å². The summed E-state index contributed by atoms with van der Waals surface area (Å²) in [6, 6.07) is 4.85. The summed E-state index contributed by atoms with van der Waals surface area (Å²) >= 11 is 0. The number of hydrogen-bond acceptors (Lipinski definition) is 5. The van der Waals surface area contributed by atoms with Gasteiger partial charge in [0.2, 0.25) is 11.7 Å². The first kappa shape index (κ1) is 14.6. The average Bonchev–Trinajstić information content (AvgIpc) is 2.90. The first-order valence-corrected chi connectivity index (χ1v) is 6.56. The Hall–Kier alpha value is -1.79. The molecule has 0 atom stereocenters. The van der Waals surface area contributed by atoms with Crippen molar-refractivity contribution in [3.63, 3.8) is 0 Å². The number of aliphatic hydroxyl groups excluding tert-OH is 1. The molecule has 1 aromatic heterocycles. The summed E-state index contributed by atoms with van der Waals surface area (Å²) in [6.07, 6.45) is 0. The second-order valence-electron chi connectivity index (χ2n) is 4.57. The molecule has 1 N–H and O–H groups in total. The van der Waals surface area contributed by atoms with Crippen LogP contribution in [-0.4, -0.2) is 39.8 Å². The molecular formula is C14H18FN3O2. The molecule has 0 aliphatic rings. The molecule has 0 spiro atoms. The van der Waals surface area contributed by atoms with E-state index in [-0.39, 0.29) is 12.4 Å². The van der Waals surface area contributed by atoms with Crippen LogP contribution in [0.1, 0.15) is 18.4 Å². The minimum absolute atomic E-state index is 0.0814. The molecule has 108 valence electrons. The Bertz CT molecular complexity index is 571. The Kier molecular flexibility index (Phi) is 4.81. The number of hydrogen-bond donors (Lipinski definition) is 1. The van der Waals surface area contributed by atoms with E-state index < -0.39 is 0 Å². The van der Waals surface area contributed by atoms with Gasteiger partial charge in [0.1, 0.15) is 5.82 Å². The number of rotatable bonds is 6. The van der Waals surface area contributed by atoms with E-state index in [9.17, 15) is 4.39 Å². The first-order chi connectivity index (χ1) is 9.63. The highest BCUT2D eigenvalue weighted by atomic mass is 19.1. The van der Waals surface area contributed by atoms with Crippen LogP contribution in [0.4, 0.5) is 4.39 Å². The van der Waals surface area contributed by atoms with Crippen molar-refractivity contribution in [2.24, 2.45) is 0 Å². The van der Waals surface area contributed by atoms with Gasteiger partial charge in [0.15, 0.2) is 0 Å². The van der Waals surface area contributed by atoms with E-state index in [1.165, 1.54) is 6.07 Å². The number of halogens is 1. The van der Waals surface area contributed by atoms with Crippen LogP contribution in [0.25, 0.3) is 11.4 Å². The van der Waals surface area contributed by atoms with E-state index in [4.69, 9.17) is 9.63 Å². The Balaban J connectivity index is 2.13. The number of likely N-dealkylation sites (N-methyl/N-ethyl adjacent to an activating group) is 1. The summed E-state index contributed by atoms with van der Waals surface area (Å²) in [5.41, 5.74) is 1.17. The van der Waals surface area contributed by atoms with E-state index in [2.05, 4.69) is 10.1 Å². The number of benzene rings is 1. The molecule has 0 unspecified atom stereocenters. The largest absolute Gasteiger partial charge is 0.395 e. The fraction of sp³-hybridized carbons (Fsp3) is 0.429. The zero-order valence-electron chi connectivity index (χ0n) is 11.6. The van der Waals surface area contributed by atoms with Crippen LogP contribution in [0.3, 0.4) is 0 Å². The third-order valence-electron chi connectivity index (χ3n) is 3.12. The topological polar surface area (TPSA) is 62.4 Å². The Morgan fingerprint density at radius 1 is 1.40 bits per heavy atom. The summed E-state index contributed by atoms with van der Waals surface area (Å²) in [5, 5.41) is 12.8. The molecule has 1 aromatic carbocycles. The zero-order valence-corrected chi connectivity index (χ0v) is 11.6. The standard InChI is InChI=1S/C14H18FN3O2/c1-3-18(6-7-19)9-13-16-14(17-20-13)11-5-4-10(2)12(15)8-11/h4-5,8,19H,3,6-7,9H2,1-2H3. The van der Waals surface area contributed by atoms with Crippen LogP contribution in [0.5, 0.6) is 0 Å². The highest BCUT2D eigenvalue weighted by Crippen LogP contribution is 2.19. The molecule has 0 amide bonds. The molecule has 0 radical (unpaired) electrons. The van der Waals surface area contributed by atoms with E-state index >= 15 is 0 Å². The van der Waals surface area contributed by atoms with Gasteiger partial charge >= 0.3 is 0 Å². The van der Waals surface area contributed by atoms with E-state index in [1.54, 1.807) is 19.1 Å². The van der Waals surface area contributed by atoms with Crippen molar-refractivity contribution in [2.75, 3.05) is 19.7 Å². The number of aryl methyl sites for hydroxylation is 1. The van der Waals surface area contributed by atoms with Gasteiger partial charge in [-0.05, 0) is 25.1 Å². The van der Waals surface area contributed by atoms with Gasteiger partial charge in [-0.1, -0.05) is 24.2 Å². The summed E-state index contributed by atoms with van der Waals surface area (Å²) in [6.45, 7) is 5.57. The number of aliphatic hydroxyl groups is 1. The lowest BCUT2D eigenvalue weighted by atomic mass is 10.1. The molecule has 0 saturated heterocycles. The minimum atomic E-state index is -0.288. The van der Waals surface area contributed by atoms with Crippen LogP contribution < -0.4 is 0 Å². The molecule has 20 heavy (non-hydrogen) atoms. The van der Waals surface area contributed by atoms with E-state index in [1.807, 2.05) is 11.8 Å². The Labute approximate surface area is 117 Å². The van der Waals surface area contributed by atoms with Crippen molar-refractivity contribution in [3.8, 4) is 11.4 Å².